The van der Waals surface area contributed by atoms with Crippen molar-refractivity contribution in [3.63, 3.8) is 0 Å². The molecule has 0 N–H and O–H groups in total. The molecule has 0 spiro atoms. The van der Waals surface area contributed by atoms with E-state index in [1.165, 1.54) is 4.90 Å². The maximum absolute atomic E-state index is 10.6. The van der Waals surface area contributed by atoms with E-state index >= 15 is 0 Å². The van der Waals surface area contributed by atoms with Crippen LogP contribution < -0.4 is 0 Å². The zero-order valence-electron chi connectivity index (χ0n) is 5.42. The van der Waals surface area contributed by atoms with Gasteiger partial charge in [0.1, 0.15) is 0 Å². The SMILES string of the molecule is C=C[C@H]1OCCN1C(=O)Cl. The fourth-order valence-electron chi connectivity index (χ4n) is 0.872. The molecule has 0 saturated carbocycles. The standard InChI is InChI=1S/C6H8ClNO2/c1-2-5-8(6(7)9)3-4-10-5/h2,5H,1,3-4H2/t5-/m1/s1. The summed E-state index contributed by atoms with van der Waals surface area (Å²) < 4.78 is 5.08. The Kier molecular flexibility index (Phi) is 2.29. The third-order valence-electron chi connectivity index (χ3n) is 1.36. The van der Waals surface area contributed by atoms with E-state index in [1.807, 2.05) is 0 Å². The predicted molar refractivity (Wildman–Crippen MR) is 37.9 cm³/mol. The van der Waals surface area contributed by atoms with Crippen molar-refractivity contribution in [3.8, 4) is 0 Å². The third-order valence-corrected chi connectivity index (χ3v) is 1.57. The molecule has 1 aliphatic heterocycles. The van der Waals surface area contributed by atoms with Crippen molar-refractivity contribution in [2.75, 3.05) is 13.2 Å². The van der Waals surface area contributed by atoms with Gasteiger partial charge in [-0.15, -0.1) is 0 Å². The maximum atomic E-state index is 10.6. The first-order chi connectivity index (χ1) is 4.75. The lowest BCUT2D eigenvalue weighted by Gasteiger charge is -2.15. The van der Waals surface area contributed by atoms with Crippen LogP contribution in [0.2, 0.25) is 0 Å². The van der Waals surface area contributed by atoms with E-state index < -0.39 is 5.37 Å². The second-order valence-electron chi connectivity index (χ2n) is 1.94. The molecule has 0 radical (unpaired) electrons. The van der Waals surface area contributed by atoms with Gasteiger partial charge in [0.05, 0.1) is 6.61 Å². The molecule has 0 aromatic heterocycles. The number of halogens is 1. The number of hydrogen-bond acceptors (Lipinski definition) is 2. The Balaban J connectivity index is 2.58. The summed E-state index contributed by atoms with van der Waals surface area (Å²) in [4.78, 5) is 12.0. The number of carbonyl (C=O) groups excluding carboxylic acids is 1. The van der Waals surface area contributed by atoms with Crippen LogP contribution in [-0.2, 0) is 4.74 Å². The van der Waals surface area contributed by atoms with Crippen molar-refractivity contribution in [2.24, 2.45) is 0 Å². The molecule has 10 heavy (non-hydrogen) atoms. The Morgan fingerprint density at radius 1 is 1.90 bits per heavy atom. The van der Waals surface area contributed by atoms with Crippen LogP contribution in [0.15, 0.2) is 12.7 Å². The molecule has 56 valence electrons. The molecule has 1 rings (SSSR count). The lowest BCUT2D eigenvalue weighted by Crippen LogP contribution is -2.30. The van der Waals surface area contributed by atoms with Gasteiger partial charge in [-0.25, -0.2) is 0 Å². The molecule has 1 heterocycles. The smallest absolute Gasteiger partial charge is 0.318 e. The lowest BCUT2D eigenvalue weighted by atomic mass is 10.5. The molecule has 1 amide bonds. The largest absolute Gasteiger partial charge is 0.353 e. The molecule has 0 aliphatic carbocycles. The van der Waals surface area contributed by atoms with Gasteiger partial charge in [-0.3, -0.25) is 9.69 Å². The van der Waals surface area contributed by atoms with Crippen molar-refractivity contribution in [1.29, 1.82) is 0 Å². The molecule has 1 fully saturated rings. The van der Waals surface area contributed by atoms with E-state index in [0.717, 1.165) is 0 Å². The molecule has 0 unspecified atom stereocenters. The van der Waals surface area contributed by atoms with Crippen LogP contribution in [0.5, 0.6) is 0 Å². The highest BCUT2D eigenvalue weighted by molar-refractivity contribution is 6.62. The number of rotatable bonds is 1. The van der Waals surface area contributed by atoms with Crippen LogP contribution in [-0.4, -0.2) is 29.6 Å². The van der Waals surface area contributed by atoms with Crippen molar-refractivity contribution < 1.29 is 9.53 Å². The van der Waals surface area contributed by atoms with Gasteiger partial charge in [-0.2, -0.15) is 0 Å². The maximum Gasteiger partial charge on any atom is 0.318 e. The first-order valence-electron chi connectivity index (χ1n) is 2.96. The Morgan fingerprint density at radius 2 is 2.60 bits per heavy atom. The normalized spacial score (nSPS) is 24.9. The molecule has 1 saturated heterocycles. The number of hydrogen-bond donors (Lipinski definition) is 0. The second-order valence-corrected chi connectivity index (χ2v) is 2.27. The van der Waals surface area contributed by atoms with Crippen LogP contribution in [0.4, 0.5) is 4.79 Å². The summed E-state index contributed by atoms with van der Waals surface area (Å²) in [5, 5.41) is -0.484. The van der Waals surface area contributed by atoms with Gasteiger partial charge in [0.25, 0.3) is 0 Å². The van der Waals surface area contributed by atoms with E-state index in [1.54, 1.807) is 6.08 Å². The highest BCUT2D eigenvalue weighted by Gasteiger charge is 2.25. The highest BCUT2D eigenvalue weighted by Crippen LogP contribution is 2.12. The summed E-state index contributed by atoms with van der Waals surface area (Å²) in [5.74, 6) is 0. The van der Waals surface area contributed by atoms with Crippen LogP contribution >= 0.6 is 11.6 Å². The van der Waals surface area contributed by atoms with Crippen LogP contribution in [0, 0.1) is 0 Å². The third kappa shape index (κ3) is 1.30. The minimum Gasteiger partial charge on any atom is -0.353 e. The fourth-order valence-corrected chi connectivity index (χ4v) is 1.05. The van der Waals surface area contributed by atoms with Gasteiger partial charge < -0.3 is 4.74 Å². The van der Waals surface area contributed by atoms with Gasteiger partial charge in [0.15, 0.2) is 6.23 Å². The van der Waals surface area contributed by atoms with Crippen LogP contribution in [0.1, 0.15) is 0 Å². The molecule has 1 atom stereocenters. The molecule has 4 heteroatoms. The summed E-state index contributed by atoms with van der Waals surface area (Å²) >= 11 is 5.22. The minimum atomic E-state index is -0.484. The van der Waals surface area contributed by atoms with E-state index in [0.29, 0.717) is 13.2 Å². The van der Waals surface area contributed by atoms with Crippen LogP contribution in [0.3, 0.4) is 0 Å². The van der Waals surface area contributed by atoms with E-state index in [9.17, 15) is 4.79 Å². The number of nitrogens with zero attached hydrogens (tertiary/aromatic N) is 1. The molecular formula is C6H8ClNO2. The van der Waals surface area contributed by atoms with Gasteiger partial charge in [-0.1, -0.05) is 6.58 Å². The Labute approximate surface area is 64.2 Å². The summed E-state index contributed by atoms with van der Waals surface area (Å²) in [6.45, 7) is 4.59. The first-order valence-corrected chi connectivity index (χ1v) is 3.34. The van der Waals surface area contributed by atoms with Gasteiger partial charge in [0.2, 0.25) is 0 Å². The van der Waals surface area contributed by atoms with Gasteiger partial charge >= 0.3 is 5.37 Å². The molecule has 0 aromatic carbocycles. The van der Waals surface area contributed by atoms with E-state index in [4.69, 9.17) is 16.3 Å². The topological polar surface area (TPSA) is 29.5 Å². The number of ether oxygens (including phenoxy) is 1. The highest BCUT2D eigenvalue weighted by atomic mass is 35.5. The van der Waals surface area contributed by atoms with Crippen molar-refractivity contribution in [1.82, 2.24) is 4.90 Å². The second kappa shape index (κ2) is 3.03. The Hall–Kier alpha value is -0.540. The van der Waals surface area contributed by atoms with Gasteiger partial charge in [-0.05, 0) is 17.7 Å². The predicted octanol–water partition coefficient (Wildman–Crippen LogP) is 1.19. The zero-order chi connectivity index (χ0) is 7.56. The molecule has 0 bridgehead atoms. The number of carbonyl (C=O) groups is 1. The molecule has 1 aliphatic rings. The summed E-state index contributed by atoms with van der Waals surface area (Å²) in [7, 11) is 0. The number of amides is 1. The average Bonchev–Trinajstić information content (AvgIpc) is 2.33. The van der Waals surface area contributed by atoms with Crippen molar-refractivity contribution in [2.45, 2.75) is 6.23 Å². The molecule has 3 nitrogen and oxygen atoms in total. The quantitative estimate of drug-likeness (QED) is 0.329. The van der Waals surface area contributed by atoms with E-state index in [-0.39, 0.29) is 6.23 Å². The average molecular weight is 162 g/mol. The van der Waals surface area contributed by atoms with Crippen LogP contribution in [0.25, 0.3) is 0 Å². The minimum absolute atomic E-state index is 0.329. The summed E-state index contributed by atoms with van der Waals surface area (Å²) in [6, 6.07) is 0. The fraction of sp³-hybridized carbons (Fsp3) is 0.500. The van der Waals surface area contributed by atoms with Gasteiger partial charge in [0, 0.05) is 6.54 Å². The zero-order valence-corrected chi connectivity index (χ0v) is 6.17. The lowest BCUT2D eigenvalue weighted by molar-refractivity contribution is 0.0935. The van der Waals surface area contributed by atoms with E-state index in [2.05, 4.69) is 6.58 Å². The summed E-state index contributed by atoms with van der Waals surface area (Å²) in [5.41, 5.74) is 0. The van der Waals surface area contributed by atoms with Crippen molar-refractivity contribution in [3.05, 3.63) is 12.7 Å². The Morgan fingerprint density at radius 3 is 3.00 bits per heavy atom. The molecular weight excluding hydrogens is 154 g/mol. The Bertz CT molecular complexity index is 160. The monoisotopic (exact) mass is 161 g/mol. The molecule has 0 aromatic rings. The van der Waals surface area contributed by atoms with Crippen molar-refractivity contribution >= 4 is 17.0 Å². The summed E-state index contributed by atoms with van der Waals surface area (Å²) in [6.07, 6.45) is 1.22. The first kappa shape index (κ1) is 7.57.